The highest BCUT2D eigenvalue weighted by atomic mass is 127. The van der Waals surface area contributed by atoms with Gasteiger partial charge in [-0.2, -0.15) is 0 Å². The summed E-state index contributed by atoms with van der Waals surface area (Å²) in [6.07, 6.45) is 3.63. The third-order valence-electron chi connectivity index (χ3n) is 4.34. The summed E-state index contributed by atoms with van der Waals surface area (Å²) in [5.41, 5.74) is 0.671. The van der Waals surface area contributed by atoms with E-state index in [0.29, 0.717) is 19.0 Å². The highest BCUT2D eigenvalue weighted by Gasteiger charge is 2.45. The molecule has 3 rings (SSSR count). The number of hydrogen-bond donors (Lipinski definition) is 2. The van der Waals surface area contributed by atoms with Gasteiger partial charge in [0.25, 0.3) is 0 Å². The largest absolute Gasteiger partial charge is 0.356 e. The minimum absolute atomic E-state index is 0. The van der Waals surface area contributed by atoms with Crippen molar-refractivity contribution in [3.05, 3.63) is 47.8 Å². The molecule has 2 aromatic rings. The Morgan fingerprint density at radius 1 is 1.33 bits per heavy atom. The molecule has 0 bridgehead atoms. The molecule has 2 N–H and O–H groups in total. The summed E-state index contributed by atoms with van der Waals surface area (Å²) in [5, 5.41) is 14.4. The second-order valence-corrected chi connectivity index (χ2v) is 5.90. The first kappa shape index (κ1) is 18.6. The molecular formula is C16H22FIN6. The number of halogens is 2. The normalized spacial score (nSPS) is 15.5. The lowest BCUT2D eigenvalue weighted by molar-refractivity contribution is 0.559. The van der Waals surface area contributed by atoms with Crippen molar-refractivity contribution < 1.29 is 4.39 Å². The van der Waals surface area contributed by atoms with E-state index in [1.807, 2.05) is 23.7 Å². The highest BCUT2D eigenvalue weighted by Crippen LogP contribution is 2.48. The standard InChI is InChI=1S/C16H21FN6.HI/c1-18-15(19-9-14-22-21-11-23(14)2)20-10-16(7-8-16)12-5-3-4-6-13(12)17;/h3-6,11H,7-10H2,1-2H3,(H2,18,19,20);1H. The Balaban J connectivity index is 0.00000208. The van der Waals surface area contributed by atoms with Gasteiger partial charge in [0.2, 0.25) is 0 Å². The van der Waals surface area contributed by atoms with Crippen LogP contribution in [0.5, 0.6) is 0 Å². The minimum atomic E-state index is -0.131. The molecule has 0 spiro atoms. The number of rotatable bonds is 5. The van der Waals surface area contributed by atoms with E-state index < -0.39 is 0 Å². The van der Waals surface area contributed by atoms with E-state index in [4.69, 9.17) is 0 Å². The van der Waals surface area contributed by atoms with Crippen LogP contribution in [-0.4, -0.2) is 34.3 Å². The van der Waals surface area contributed by atoms with Gasteiger partial charge in [-0.1, -0.05) is 18.2 Å². The fraction of sp³-hybridized carbons (Fsp3) is 0.438. The van der Waals surface area contributed by atoms with Crippen LogP contribution in [0, 0.1) is 5.82 Å². The average molecular weight is 444 g/mol. The van der Waals surface area contributed by atoms with Gasteiger partial charge >= 0.3 is 0 Å². The van der Waals surface area contributed by atoms with Gasteiger partial charge in [-0.3, -0.25) is 4.99 Å². The predicted octanol–water partition coefficient (Wildman–Crippen LogP) is 1.97. The Labute approximate surface area is 158 Å². The molecule has 1 aromatic carbocycles. The number of aliphatic imine (C=N–C) groups is 1. The molecule has 0 radical (unpaired) electrons. The summed E-state index contributed by atoms with van der Waals surface area (Å²) in [7, 11) is 3.61. The van der Waals surface area contributed by atoms with Crippen LogP contribution >= 0.6 is 24.0 Å². The maximum atomic E-state index is 14.0. The Hall–Kier alpha value is -1.71. The van der Waals surface area contributed by atoms with Crippen LogP contribution in [0.25, 0.3) is 0 Å². The summed E-state index contributed by atoms with van der Waals surface area (Å²) in [5.74, 6) is 1.37. The number of hydrogen-bond acceptors (Lipinski definition) is 3. The number of benzene rings is 1. The number of aryl methyl sites for hydroxylation is 1. The van der Waals surface area contributed by atoms with Gasteiger partial charge < -0.3 is 15.2 Å². The Morgan fingerprint density at radius 3 is 2.67 bits per heavy atom. The maximum absolute atomic E-state index is 14.0. The van der Waals surface area contributed by atoms with Gasteiger partial charge in [-0.05, 0) is 24.5 Å². The Bertz CT molecular complexity index is 710. The van der Waals surface area contributed by atoms with E-state index in [1.165, 1.54) is 6.07 Å². The molecule has 0 unspecified atom stereocenters. The van der Waals surface area contributed by atoms with E-state index in [1.54, 1.807) is 19.4 Å². The van der Waals surface area contributed by atoms with Gasteiger partial charge in [0.05, 0.1) is 6.54 Å². The molecule has 1 saturated carbocycles. The number of guanidine groups is 1. The van der Waals surface area contributed by atoms with Crippen molar-refractivity contribution in [2.45, 2.75) is 24.8 Å². The topological polar surface area (TPSA) is 67.1 Å². The summed E-state index contributed by atoms with van der Waals surface area (Å²) in [4.78, 5) is 4.21. The second-order valence-electron chi connectivity index (χ2n) is 5.90. The van der Waals surface area contributed by atoms with Crippen molar-refractivity contribution in [1.82, 2.24) is 25.4 Å². The van der Waals surface area contributed by atoms with E-state index in [2.05, 4.69) is 25.8 Å². The quantitative estimate of drug-likeness (QED) is 0.421. The summed E-state index contributed by atoms with van der Waals surface area (Å²) >= 11 is 0. The molecule has 6 nitrogen and oxygen atoms in total. The lowest BCUT2D eigenvalue weighted by atomic mass is 9.95. The molecule has 1 fully saturated rings. The highest BCUT2D eigenvalue weighted by molar-refractivity contribution is 14.0. The third kappa shape index (κ3) is 4.03. The molecule has 0 amide bonds. The minimum Gasteiger partial charge on any atom is -0.356 e. The van der Waals surface area contributed by atoms with E-state index >= 15 is 0 Å². The predicted molar refractivity (Wildman–Crippen MR) is 102 cm³/mol. The van der Waals surface area contributed by atoms with Crippen LogP contribution < -0.4 is 10.6 Å². The monoisotopic (exact) mass is 444 g/mol. The van der Waals surface area contributed by atoms with Crippen LogP contribution in [0.3, 0.4) is 0 Å². The molecule has 1 aliphatic carbocycles. The number of nitrogens with zero attached hydrogens (tertiary/aromatic N) is 4. The fourth-order valence-electron chi connectivity index (χ4n) is 2.69. The van der Waals surface area contributed by atoms with Crippen molar-refractivity contribution in [3.63, 3.8) is 0 Å². The van der Waals surface area contributed by atoms with Gasteiger partial charge in [0.15, 0.2) is 11.8 Å². The lowest BCUT2D eigenvalue weighted by Gasteiger charge is -2.19. The first-order valence-electron chi connectivity index (χ1n) is 7.67. The Morgan fingerprint density at radius 2 is 2.08 bits per heavy atom. The molecular weight excluding hydrogens is 422 g/mol. The van der Waals surface area contributed by atoms with Crippen LogP contribution in [0.4, 0.5) is 4.39 Å². The van der Waals surface area contributed by atoms with E-state index in [9.17, 15) is 4.39 Å². The fourth-order valence-corrected chi connectivity index (χ4v) is 2.69. The van der Waals surface area contributed by atoms with Crippen LogP contribution in [0.2, 0.25) is 0 Å². The first-order valence-corrected chi connectivity index (χ1v) is 7.67. The van der Waals surface area contributed by atoms with Crippen molar-refractivity contribution >= 4 is 29.9 Å². The molecule has 24 heavy (non-hydrogen) atoms. The lowest BCUT2D eigenvalue weighted by Crippen LogP contribution is -2.41. The molecule has 8 heteroatoms. The van der Waals surface area contributed by atoms with E-state index in [0.717, 1.165) is 24.2 Å². The molecule has 1 aromatic heterocycles. The molecule has 1 heterocycles. The smallest absolute Gasteiger partial charge is 0.191 e. The first-order chi connectivity index (χ1) is 11.1. The van der Waals surface area contributed by atoms with Crippen molar-refractivity contribution in [2.24, 2.45) is 12.0 Å². The van der Waals surface area contributed by atoms with Crippen LogP contribution in [-0.2, 0) is 19.0 Å². The van der Waals surface area contributed by atoms with Crippen LogP contribution in [0.1, 0.15) is 24.2 Å². The average Bonchev–Trinajstić information content (AvgIpc) is 3.23. The molecule has 0 atom stereocenters. The zero-order valence-corrected chi connectivity index (χ0v) is 16.1. The molecule has 0 saturated heterocycles. The van der Waals surface area contributed by atoms with Gasteiger partial charge in [-0.25, -0.2) is 4.39 Å². The van der Waals surface area contributed by atoms with Gasteiger partial charge in [-0.15, -0.1) is 34.2 Å². The van der Waals surface area contributed by atoms with Gasteiger partial charge in [0, 0.05) is 26.1 Å². The molecule has 1 aliphatic rings. The van der Waals surface area contributed by atoms with Crippen molar-refractivity contribution in [2.75, 3.05) is 13.6 Å². The van der Waals surface area contributed by atoms with E-state index in [-0.39, 0.29) is 35.2 Å². The number of nitrogens with one attached hydrogen (secondary N) is 2. The second kappa shape index (κ2) is 7.91. The molecule has 130 valence electrons. The Kier molecular flexibility index (Phi) is 6.14. The summed E-state index contributed by atoms with van der Waals surface area (Å²) in [6, 6.07) is 7.01. The zero-order valence-electron chi connectivity index (χ0n) is 13.8. The maximum Gasteiger partial charge on any atom is 0.191 e. The summed E-state index contributed by atoms with van der Waals surface area (Å²) < 4.78 is 15.9. The summed E-state index contributed by atoms with van der Waals surface area (Å²) in [6.45, 7) is 1.19. The SMILES string of the molecule is CN=C(NCc1nncn1C)NCC1(c2ccccc2F)CC1.I. The molecule has 0 aliphatic heterocycles. The van der Waals surface area contributed by atoms with Crippen molar-refractivity contribution in [1.29, 1.82) is 0 Å². The third-order valence-corrected chi connectivity index (χ3v) is 4.34. The van der Waals surface area contributed by atoms with Crippen molar-refractivity contribution in [3.8, 4) is 0 Å². The van der Waals surface area contributed by atoms with Gasteiger partial charge in [0.1, 0.15) is 12.1 Å². The van der Waals surface area contributed by atoms with Crippen LogP contribution in [0.15, 0.2) is 35.6 Å². The zero-order chi connectivity index (χ0) is 16.3. The number of aromatic nitrogens is 3.